The van der Waals surface area contributed by atoms with Crippen molar-refractivity contribution in [2.45, 2.75) is 19.4 Å². The number of hydrogen-bond acceptors (Lipinski definition) is 2. The lowest BCUT2D eigenvalue weighted by molar-refractivity contribution is 0.584. The SMILES string of the molecule is N#Cc1cccc2c1ccn2CCNCC1CC1. The quantitative estimate of drug-likeness (QED) is 0.814. The van der Waals surface area contributed by atoms with Crippen molar-refractivity contribution in [3.63, 3.8) is 0 Å². The van der Waals surface area contributed by atoms with E-state index in [0.29, 0.717) is 0 Å². The molecule has 0 unspecified atom stereocenters. The predicted octanol–water partition coefficient (Wildman–Crippen LogP) is 2.51. The molecule has 3 heteroatoms. The van der Waals surface area contributed by atoms with Crippen LogP contribution in [0.1, 0.15) is 18.4 Å². The Morgan fingerprint density at radius 3 is 3.00 bits per heavy atom. The first kappa shape index (κ1) is 11.3. The van der Waals surface area contributed by atoms with Gasteiger partial charge in [0.1, 0.15) is 0 Å². The summed E-state index contributed by atoms with van der Waals surface area (Å²) in [5, 5.41) is 13.6. The normalized spacial score (nSPS) is 14.8. The molecule has 92 valence electrons. The minimum absolute atomic E-state index is 0.761. The van der Waals surface area contributed by atoms with E-state index in [0.717, 1.165) is 42.0 Å². The molecule has 2 aromatic rings. The van der Waals surface area contributed by atoms with E-state index >= 15 is 0 Å². The standard InChI is InChI=1S/C15H17N3/c16-10-13-2-1-3-15-14(13)6-8-18(15)9-7-17-11-12-4-5-12/h1-3,6,8,12,17H,4-5,7,9,11H2. The smallest absolute Gasteiger partial charge is 0.0998 e. The Kier molecular flexibility index (Phi) is 3.04. The minimum Gasteiger partial charge on any atom is -0.346 e. The number of benzene rings is 1. The maximum Gasteiger partial charge on any atom is 0.0998 e. The largest absolute Gasteiger partial charge is 0.346 e. The third kappa shape index (κ3) is 2.25. The van der Waals surface area contributed by atoms with Crippen LogP contribution in [0.3, 0.4) is 0 Å². The van der Waals surface area contributed by atoms with Gasteiger partial charge in [-0.25, -0.2) is 0 Å². The van der Waals surface area contributed by atoms with Gasteiger partial charge in [-0.05, 0) is 43.5 Å². The van der Waals surface area contributed by atoms with Crippen molar-refractivity contribution in [2.75, 3.05) is 13.1 Å². The van der Waals surface area contributed by atoms with E-state index in [1.54, 1.807) is 0 Å². The van der Waals surface area contributed by atoms with Gasteiger partial charge in [-0.1, -0.05) is 6.07 Å². The summed E-state index contributed by atoms with van der Waals surface area (Å²) in [4.78, 5) is 0. The van der Waals surface area contributed by atoms with Crippen molar-refractivity contribution in [1.29, 1.82) is 5.26 Å². The molecular weight excluding hydrogens is 222 g/mol. The van der Waals surface area contributed by atoms with Crippen molar-refractivity contribution in [2.24, 2.45) is 5.92 Å². The van der Waals surface area contributed by atoms with Gasteiger partial charge in [0, 0.05) is 30.2 Å². The number of nitriles is 1. The molecule has 0 radical (unpaired) electrons. The highest BCUT2D eigenvalue weighted by molar-refractivity contribution is 5.85. The summed E-state index contributed by atoms with van der Waals surface area (Å²) in [6, 6.07) is 10.2. The molecule has 0 bridgehead atoms. The lowest BCUT2D eigenvalue weighted by Gasteiger charge is -2.07. The van der Waals surface area contributed by atoms with Crippen LogP contribution >= 0.6 is 0 Å². The molecule has 0 aliphatic heterocycles. The van der Waals surface area contributed by atoms with E-state index in [4.69, 9.17) is 5.26 Å². The molecule has 1 aromatic heterocycles. The lowest BCUT2D eigenvalue weighted by atomic mass is 10.1. The Morgan fingerprint density at radius 2 is 2.22 bits per heavy atom. The summed E-state index contributed by atoms with van der Waals surface area (Å²) in [6.45, 7) is 3.12. The van der Waals surface area contributed by atoms with Gasteiger partial charge in [0.05, 0.1) is 11.6 Å². The molecule has 1 fully saturated rings. The van der Waals surface area contributed by atoms with Gasteiger partial charge in [0.15, 0.2) is 0 Å². The minimum atomic E-state index is 0.761. The summed E-state index contributed by atoms with van der Waals surface area (Å²) >= 11 is 0. The molecule has 18 heavy (non-hydrogen) atoms. The van der Waals surface area contributed by atoms with Gasteiger partial charge in [0.25, 0.3) is 0 Å². The number of nitrogens with one attached hydrogen (secondary N) is 1. The van der Waals surface area contributed by atoms with Crippen molar-refractivity contribution >= 4 is 10.9 Å². The molecule has 1 aromatic carbocycles. The molecule has 1 N–H and O–H groups in total. The van der Waals surface area contributed by atoms with Crippen molar-refractivity contribution in [3.05, 3.63) is 36.0 Å². The van der Waals surface area contributed by atoms with Crippen LogP contribution in [0.15, 0.2) is 30.5 Å². The second kappa shape index (κ2) is 4.83. The fraction of sp³-hybridized carbons (Fsp3) is 0.400. The number of hydrogen-bond donors (Lipinski definition) is 1. The molecule has 1 aliphatic rings. The Bertz CT molecular complexity index is 587. The molecule has 1 aliphatic carbocycles. The highest BCUT2D eigenvalue weighted by atomic mass is 15.0. The molecule has 1 saturated carbocycles. The maximum absolute atomic E-state index is 9.06. The molecule has 3 nitrogen and oxygen atoms in total. The second-order valence-electron chi connectivity index (χ2n) is 5.01. The number of aromatic nitrogens is 1. The van der Waals surface area contributed by atoms with Gasteiger partial charge in [-0.2, -0.15) is 5.26 Å². The summed E-state index contributed by atoms with van der Waals surface area (Å²) in [6.07, 6.45) is 4.86. The van der Waals surface area contributed by atoms with E-state index in [9.17, 15) is 0 Å². The first-order chi connectivity index (χ1) is 8.88. The van der Waals surface area contributed by atoms with Crippen molar-refractivity contribution in [1.82, 2.24) is 9.88 Å². The van der Waals surface area contributed by atoms with E-state index < -0.39 is 0 Å². The molecule has 0 amide bonds. The van der Waals surface area contributed by atoms with Gasteiger partial charge in [-0.15, -0.1) is 0 Å². The zero-order valence-corrected chi connectivity index (χ0v) is 10.4. The topological polar surface area (TPSA) is 40.8 Å². The Balaban J connectivity index is 1.70. The Morgan fingerprint density at radius 1 is 1.33 bits per heavy atom. The summed E-state index contributed by atoms with van der Waals surface area (Å²) in [7, 11) is 0. The summed E-state index contributed by atoms with van der Waals surface area (Å²) in [5.41, 5.74) is 1.92. The third-order valence-corrected chi connectivity index (χ3v) is 3.59. The molecule has 1 heterocycles. The average molecular weight is 239 g/mol. The van der Waals surface area contributed by atoms with Gasteiger partial charge in [0.2, 0.25) is 0 Å². The van der Waals surface area contributed by atoms with Crippen LogP contribution in [0.2, 0.25) is 0 Å². The van der Waals surface area contributed by atoms with Crippen LogP contribution in [-0.2, 0) is 6.54 Å². The van der Waals surface area contributed by atoms with Crippen molar-refractivity contribution < 1.29 is 0 Å². The van der Waals surface area contributed by atoms with E-state index in [1.165, 1.54) is 12.8 Å². The number of rotatable bonds is 5. The summed E-state index contributed by atoms with van der Waals surface area (Å²) < 4.78 is 2.22. The van der Waals surface area contributed by atoms with Crippen LogP contribution in [0.5, 0.6) is 0 Å². The van der Waals surface area contributed by atoms with Gasteiger partial charge < -0.3 is 9.88 Å². The van der Waals surface area contributed by atoms with E-state index in [1.807, 2.05) is 18.2 Å². The highest BCUT2D eigenvalue weighted by Crippen LogP contribution is 2.27. The van der Waals surface area contributed by atoms with E-state index in [-0.39, 0.29) is 0 Å². The zero-order chi connectivity index (χ0) is 12.4. The molecular formula is C15H17N3. The van der Waals surface area contributed by atoms with Crippen LogP contribution in [0, 0.1) is 17.2 Å². The molecule has 0 spiro atoms. The van der Waals surface area contributed by atoms with Crippen LogP contribution in [0.25, 0.3) is 10.9 Å². The predicted molar refractivity (Wildman–Crippen MR) is 72.2 cm³/mol. The first-order valence-corrected chi connectivity index (χ1v) is 6.57. The fourth-order valence-electron chi connectivity index (χ4n) is 2.34. The van der Waals surface area contributed by atoms with Crippen LogP contribution in [0.4, 0.5) is 0 Å². The molecule has 3 rings (SSSR count). The van der Waals surface area contributed by atoms with Crippen molar-refractivity contribution in [3.8, 4) is 6.07 Å². The van der Waals surface area contributed by atoms with Gasteiger partial charge >= 0.3 is 0 Å². The second-order valence-corrected chi connectivity index (χ2v) is 5.01. The zero-order valence-electron chi connectivity index (χ0n) is 10.4. The van der Waals surface area contributed by atoms with Gasteiger partial charge in [-0.3, -0.25) is 0 Å². The summed E-state index contributed by atoms with van der Waals surface area (Å²) in [5.74, 6) is 0.927. The number of fused-ring (bicyclic) bond motifs is 1. The third-order valence-electron chi connectivity index (χ3n) is 3.59. The first-order valence-electron chi connectivity index (χ1n) is 6.57. The van der Waals surface area contributed by atoms with E-state index in [2.05, 4.69) is 28.2 Å². The van der Waals surface area contributed by atoms with Crippen LogP contribution < -0.4 is 5.32 Å². The number of nitrogens with zero attached hydrogens (tertiary/aromatic N) is 2. The maximum atomic E-state index is 9.06. The lowest BCUT2D eigenvalue weighted by Crippen LogP contribution is -2.21. The Hall–Kier alpha value is -1.79. The fourth-order valence-corrected chi connectivity index (χ4v) is 2.34. The molecule has 0 saturated heterocycles. The average Bonchev–Trinajstić information content (AvgIpc) is 3.14. The Labute approximate surface area is 107 Å². The van der Waals surface area contributed by atoms with Crippen LogP contribution in [-0.4, -0.2) is 17.7 Å². The monoisotopic (exact) mass is 239 g/mol. The highest BCUT2D eigenvalue weighted by Gasteiger charge is 2.19. The molecule has 0 atom stereocenters.